The Kier molecular flexibility index (Phi) is 8.19. The van der Waals surface area contributed by atoms with Crippen LogP contribution >= 0.6 is 0 Å². The van der Waals surface area contributed by atoms with Gasteiger partial charge in [0.05, 0.1) is 13.5 Å². The van der Waals surface area contributed by atoms with Crippen LogP contribution in [0.1, 0.15) is 31.9 Å². The number of methoxy groups -OCH3 is 1. The Balaban J connectivity index is 2.21. The molecular formula is C23H29FN2O3. The minimum Gasteiger partial charge on any atom is -0.497 e. The highest BCUT2D eigenvalue weighted by Gasteiger charge is 2.26. The van der Waals surface area contributed by atoms with Gasteiger partial charge in [0, 0.05) is 13.1 Å². The summed E-state index contributed by atoms with van der Waals surface area (Å²) >= 11 is 0. The van der Waals surface area contributed by atoms with Gasteiger partial charge in [-0.15, -0.1) is 0 Å². The van der Waals surface area contributed by atoms with Crippen molar-refractivity contribution >= 4 is 11.8 Å². The third-order valence-corrected chi connectivity index (χ3v) is 4.61. The van der Waals surface area contributed by atoms with E-state index in [1.54, 1.807) is 31.1 Å². The number of carbonyl (C=O) groups excluding carboxylic acids is 2. The Morgan fingerprint density at radius 1 is 1.07 bits per heavy atom. The molecule has 2 amide bonds. The Labute approximate surface area is 171 Å². The molecule has 1 atom stereocenters. The first-order valence-electron chi connectivity index (χ1n) is 9.74. The Bertz CT molecular complexity index is 821. The number of halogens is 1. The monoisotopic (exact) mass is 400 g/mol. The van der Waals surface area contributed by atoms with Crippen molar-refractivity contribution in [2.24, 2.45) is 5.92 Å². The van der Waals surface area contributed by atoms with E-state index < -0.39 is 6.04 Å². The van der Waals surface area contributed by atoms with Crippen molar-refractivity contribution in [3.05, 3.63) is 65.5 Å². The van der Waals surface area contributed by atoms with Gasteiger partial charge < -0.3 is 15.0 Å². The third kappa shape index (κ3) is 6.89. The van der Waals surface area contributed by atoms with Crippen LogP contribution in [0.2, 0.25) is 0 Å². The van der Waals surface area contributed by atoms with E-state index in [9.17, 15) is 14.0 Å². The fourth-order valence-electron chi connectivity index (χ4n) is 2.88. The molecule has 0 spiro atoms. The van der Waals surface area contributed by atoms with Crippen LogP contribution in [0.3, 0.4) is 0 Å². The van der Waals surface area contributed by atoms with E-state index in [4.69, 9.17) is 4.74 Å². The van der Waals surface area contributed by atoms with Gasteiger partial charge in [0.1, 0.15) is 17.6 Å². The van der Waals surface area contributed by atoms with Gasteiger partial charge in [0.2, 0.25) is 11.8 Å². The zero-order chi connectivity index (χ0) is 21.4. The molecule has 0 aliphatic heterocycles. The lowest BCUT2D eigenvalue weighted by Gasteiger charge is -2.29. The summed E-state index contributed by atoms with van der Waals surface area (Å²) < 4.78 is 18.4. The van der Waals surface area contributed by atoms with Crippen LogP contribution in [0.4, 0.5) is 4.39 Å². The summed E-state index contributed by atoms with van der Waals surface area (Å²) in [6.07, 6.45) is 0.0893. The molecule has 1 N–H and O–H groups in total. The van der Waals surface area contributed by atoms with Crippen molar-refractivity contribution in [3.8, 4) is 5.75 Å². The van der Waals surface area contributed by atoms with Gasteiger partial charge in [-0.25, -0.2) is 4.39 Å². The molecule has 0 aromatic heterocycles. The SMILES string of the molecule is COc1cccc(CN(C(=O)Cc2ccc(F)cc2)[C@H](C)C(=O)NCC(C)C)c1. The molecule has 2 aromatic carbocycles. The topological polar surface area (TPSA) is 58.6 Å². The largest absolute Gasteiger partial charge is 0.497 e. The van der Waals surface area contributed by atoms with Crippen LogP contribution in [0.25, 0.3) is 0 Å². The summed E-state index contributed by atoms with van der Waals surface area (Å²) in [7, 11) is 1.58. The second-order valence-electron chi connectivity index (χ2n) is 7.49. The lowest BCUT2D eigenvalue weighted by atomic mass is 10.1. The third-order valence-electron chi connectivity index (χ3n) is 4.61. The molecule has 5 nitrogen and oxygen atoms in total. The van der Waals surface area contributed by atoms with Crippen molar-refractivity contribution < 1.29 is 18.7 Å². The molecule has 0 aliphatic rings. The molecule has 0 aliphatic carbocycles. The van der Waals surface area contributed by atoms with E-state index in [0.717, 1.165) is 5.56 Å². The zero-order valence-electron chi connectivity index (χ0n) is 17.4. The highest BCUT2D eigenvalue weighted by atomic mass is 19.1. The van der Waals surface area contributed by atoms with Crippen molar-refractivity contribution in [1.82, 2.24) is 10.2 Å². The summed E-state index contributed by atoms with van der Waals surface area (Å²) in [5.74, 6) is 0.245. The Morgan fingerprint density at radius 3 is 2.38 bits per heavy atom. The molecule has 2 rings (SSSR count). The first kappa shape index (κ1) is 22.4. The van der Waals surface area contributed by atoms with Crippen molar-refractivity contribution in [3.63, 3.8) is 0 Å². The maximum atomic E-state index is 13.2. The smallest absolute Gasteiger partial charge is 0.242 e. The van der Waals surface area contributed by atoms with Crippen LogP contribution in [-0.4, -0.2) is 36.4 Å². The van der Waals surface area contributed by atoms with E-state index in [0.29, 0.717) is 23.8 Å². The number of nitrogens with one attached hydrogen (secondary N) is 1. The normalized spacial score (nSPS) is 11.8. The van der Waals surface area contributed by atoms with E-state index in [2.05, 4.69) is 5.32 Å². The quantitative estimate of drug-likeness (QED) is 0.700. The molecular weight excluding hydrogens is 371 g/mol. The number of benzene rings is 2. The van der Waals surface area contributed by atoms with Gasteiger partial charge in [-0.2, -0.15) is 0 Å². The van der Waals surface area contributed by atoms with E-state index in [1.807, 2.05) is 38.1 Å². The fourth-order valence-corrected chi connectivity index (χ4v) is 2.88. The molecule has 156 valence electrons. The number of hydrogen-bond donors (Lipinski definition) is 1. The second-order valence-corrected chi connectivity index (χ2v) is 7.49. The van der Waals surface area contributed by atoms with Gasteiger partial charge in [-0.3, -0.25) is 9.59 Å². The maximum Gasteiger partial charge on any atom is 0.242 e. The van der Waals surface area contributed by atoms with Crippen LogP contribution in [0.15, 0.2) is 48.5 Å². The van der Waals surface area contributed by atoms with E-state index in [1.165, 1.54) is 12.1 Å². The molecule has 0 fully saturated rings. The van der Waals surface area contributed by atoms with E-state index in [-0.39, 0.29) is 30.6 Å². The summed E-state index contributed by atoms with van der Waals surface area (Å²) in [5, 5.41) is 2.89. The second kappa shape index (κ2) is 10.6. The van der Waals surface area contributed by atoms with Crippen LogP contribution in [-0.2, 0) is 22.6 Å². The molecule has 0 saturated carbocycles. The average molecular weight is 400 g/mol. The molecule has 0 heterocycles. The van der Waals surface area contributed by atoms with Crippen molar-refractivity contribution in [2.75, 3.05) is 13.7 Å². The number of rotatable bonds is 9. The Morgan fingerprint density at radius 2 is 1.76 bits per heavy atom. The number of carbonyl (C=O) groups is 2. The predicted octanol–water partition coefficient (Wildman–Crippen LogP) is 3.57. The number of ether oxygens (including phenoxy) is 1. The van der Waals surface area contributed by atoms with Crippen molar-refractivity contribution in [1.29, 1.82) is 0 Å². The van der Waals surface area contributed by atoms with Gasteiger partial charge in [0.15, 0.2) is 0 Å². The van der Waals surface area contributed by atoms with Crippen LogP contribution in [0, 0.1) is 11.7 Å². The molecule has 0 saturated heterocycles. The summed E-state index contributed by atoms with van der Waals surface area (Å²) in [5.41, 5.74) is 1.56. The van der Waals surface area contributed by atoms with Crippen molar-refractivity contribution in [2.45, 2.75) is 39.8 Å². The highest BCUT2D eigenvalue weighted by Crippen LogP contribution is 2.17. The van der Waals surface area contributed by atoms with Gasteiger partial charge in [0.25, 0.3) is 0 Å². The minimum absolute atomic E-state index is 0.0893. The lowest BCUT2D eigenvalue weighted by molar-refractivity contribution is -0.140. The summed E-state index contributed by atoms with van der Waals surface area (Å²) in [6, 6.07) is 12.6. The van der Waals surface area contributed by atoms with Gasteiger partial charge in [-0.1, -0.05) is 38.1 Å². The van der Waals surface area contributed by atoms with Crippen LogP contribution < -0.4 is 10.1 Å². The first-order chi connectivity index (χ1) is 13.8. The number of hydrogen-bond acceptors (Lipinski definition) is 3. The molecule has 6 heteroatoms. The predicted molar refractivity (Wildman–Crippen MR) is 111 cm³/mol. The Hall–Kier alpha value is -2.89. The fraction of sp³-hybridized carbons (Fsp3) is 0.391. The standard InChI is InChI=1S/C23H29FN2O3/c1-16(2)14-25-23(28)17(3)26(15-19-6-5-7-21(12-19)29-4)22(27)13-18-8-10-20(24)11-9-18/h5-12,16-17H,13-15H2,1-4H3,(H,25,28)/t17-/m1/s1. The first-order valence-corrected chi connectivity index (χ1v) is 9.74. The molecule has 0 unspecified atom stereocenters. The lowest BCUT2D eigenvalue weighted by Crippen LogP contribution is -2.48. The summed E-state index contributed by atoms with van der Waals surface area (Å²) in [6.45, 7) is 6.56. The van der Waals surface area contributed by atoms with Crippen LogP contribution in [0.5, 0.6) is 5.75 Å². The zero-order valence-corrected chi connectivity index (χ0v) is 17.4. The molecule has 29 heavy (non-hydrogen) atoms. The number of nitrogens with zero attached hydrogens (tertiary/aromatic N) is 1. The molecule has 2 aromatic rings. The molecule has 0 radical (unpaired) electrons. The average Bonchev–Trinajstić information content (AvgIpc) is 2.71. The highest BCUT2D eigenvalue weighted by molar-refractivity contribution is 5.88. The number of amides is 2. The minimum atomic E-state index is -0.645. The maximum absolute atomic E-state index is 13.2. The molecule has 0 bridgehead atoms. The van der Waals surface area contributed by atoms with Gasteiger partial charge >= 0.3 is 0 Å². The van der Waals surface area contributed by atoms with Gasteiger partial charge in [-0.05, 0) is 48.2 Å². The summed E-state index contributed by atoms with van der Waals surface area (Å²) in [4.78, 5) is 27.2. The van der Waals surface area contributed by atoms with E-state index >= 15 is 0 Å².